The molecule has 0 atom stereocenters. The van der Waals surface area contributed by atoms with Gasteiger partial charge in [-0.1, -0.05) is 24.3 Å². The highest BCUT2D eigenvalue weighted by Gasteiger charge is 2.03. The smallest absolute Gasteiger partial charge is 0.322 e. The van der Waals surface area contributed by atoms with Gasteiger partial charge >= 0.3 is 5.97 Å². The Bertz CT molecular complexity index is 493. The summed E-state index contributed by atoms with van der Waals surface area (Å²) in [6.07, 6.45) is 1.64. The Labute approximate surface area is 85.8 Å². The molecule has 2 N–H and O–H groups in total. The predicted octanol–water partition coefficient (Wildman–Crippen LogP) is 1.13. The van der Waals surface area contributed by atoms with Crippen molar-refractivity contribution in [3.63, 3.8) is 0 Å². The average Bonchev–Trinajstić information content (AvgIpc) is 2.26. The fourth-order valence-electron chi connectivity index (χ4n) is 1.32. The van der Waals surface area contributed by atoms with E-state index in [-0.39, 0.29) is 6.54 Å². The Morgan fingerprint density at radius 1 is 1.40 bits per heavy atom. The number of anilines is 1. The van der Waals surface area contributed by atoms with Crippen molar-refractivity contribution in [3.8, 4) is 0 Å². The van der Waals surface area contributed by atoms with E-state index in [0.29, 0.717) is 5.82 Å². The minimum Gasteiger partial charge on any atom is -0.480 e. The lowest BCUT2D eigenvalue weighted by Crippen LogP contribution is -2.13. The quantitative estimate of drug-likeness (QED) is 0.782. The number of aromatic nitrogens is 2. The van der Waals surface area contributed by atoms with E-state index in [9.17, 15) is 4.79 Å². The first-order chi connectivity index (χ1) is 7.27. The van der Waals surface area contributed by atoms with Crippen LogP contribution in [0.1, 0.15) is 0 Å². The molecule has 76 valence electrons. The first kappa shape index (κ1) is 9.39. The number of nitrogens with zero attached hydrogens (tertiary/aromatic N) is 2. The monoisotopic (exact) mass is 203 g/mol. The highest BCUT2D eigenvalue weighted by Crippen LogP contribution is 2.18. The van der Waals surface area contributed by atoms with E-state index in [2.05, 4.69) is 15.5 Å². The lowest BCUT2D eigenvalue weighted by atomic mass is 10.2. The third kappa shape index (κ3) is 2.01. The van der Waals surface area contributed by atoms with Gasteiger partial charge in [-0.15, -0.1) is 5.10 Å². The third-order valence-electron chi connectivity index (χ3n) is 1.98. The lowest BCUT2D eigenvalue weighted by molar-refractivity contribution is -0.134. The molecule has 0 unspecified atom stereocenters. The number of benzene rings is 1. The van der Waals surface area contributed by atoms with E-state index in [1.807, 2.05) is 24.3 Å². The van der Waals surface area contributed by atoms with E-state index in [4.69, 9.17) is 5.11 Å². The van der Waals surface area contributed by atoms with Crippen LogP contribution < -0.4 is 5.32 Å². The molecule has 5 nitrogen and oxygen atoms in total. The van der Waals surface area contributed by atoms with E-state index >= 15 is 0 Å². The molecule has 0 radical (unpaired) electrons. The van der Waals surface area contributed by atoms with Crippen LogP contribution in [0.5, 0.6) is 0 Å². The number of aliphatic carboxylic acids is 1. The number of hydrogen-bond acceptors (Lipinski definition) is 4. The second kappa shape index (κ2) is 3.91. The third-order valence-corrected chi connectivity index (χ3v) is 1.98. The zero-order valence-corrected chi connectivity index (χ0v) is 7.84. The molecule has 5 heteroatoms. The lowest BCUT2D eigenvalue weighted by Gasteiger charge is -2.04. The van der Waals surface area contributed by atoms with Gasteiger partial charge in [0.15, 0.2) is 5.82 Å². The summed E-state index contributed by atoms with van der Waals surface area (Å²) in [5.41, 5.74) is 0. The molecule has 0 spiro atoms. The second-order valence-electron chi connectivity index (χ2n) is 3.03. The molecule has 2 rings (SSSR count). The Kier molecular flexibility index (Phi) is 2.45. The van der Waals surface area contributed by atoms with Crippen molar-refractivity contribution in [1.29, 1.82) is 0 Å². The van der Waals surface area contributed by atoms with E-state index in [1.165, 1.54) is 0 Å². The zero-order chi connectivity index (χ0) is 10.7. The van der Waals surface area contributed by atoms with Gasteiger partial charge in [0.1, 0.15) is 6.54 Å². The number of nitrogens with one attached hydrogen (secondary N) is 1. The summed E-state index contributed by atoms with van der Waals surface area (Å²) in [7, 11) is 0. The predicted molar refractivity (Wildman–Crippen MR) is 55.7 cm³/mol. The molecule has 1 aromatic heterocycles. The van der Waals surface area contributed by atoms with Gasteiger partial charge in [-0.25, -0.2) is 0 Å². The largest absolute Gasteiger partial charge is 0.480 e. The SMILES string of the molecule is O=C(O)CNc1nncc2ccccc12. The van der Waals surface area contributed by atoms with Gasteiger partial charge in [-0.3, -0.25) is 4.79 Å². The van der Waals surface area contributed by atoms with Crippen molar-refractivity contribution in [2.75, 3.05) is 11.9 Å². The van der Waals surface area contributed by atoms with Crippen molar-refractivity contribution in [2.45, 2.75) is 0 Å². The molecule has 0 aliphatic heterocycles. The number of hydrogen-bond donors (Lipinski definition) is 2. The molecule has 0 bridgehead atoms. The van der Waals surface area contributed by atoms with Gasteiger partial charge in [0, 0.05) is 10.8 Å². The summed E-state index contributed by atoms with van der Waals surface area (Å²) in [6, 6.07) is 7.53. The summed E-state index contributed by atoms with van der Waals surface area (Å²) in [4.78, 5) is 10.4. The second-order valence-corrected chi connectivity index (χ2v) is 3.03. The van der Waals surface area contributed by atoms with Crippen LogP contribution in [-0.4, -0.2) is 27.8 Å². The van der Waals surface area contributed by atoms with Crippen LogP contribution in [0.2, 0.25) is 0 Å². The van der Waals surface area contributed by atoms with Gasteiger partial charge in [-0.2, -0.15) is 5.10 Å². The molecule has 0 saturated heterocycles. The number of fused-ring (bicyclic) bond motifs is 1. The summed E-state index contributed by atoms with van der Waals surface area (Å²) < 4.78 is 0. The van der Waals surface area contributed by atoms with Crippen molar-refractivity contribution >= 4 is 22.6 Å². The average molecular weight is 203 g/mol. The van der Waals surface area contributed by atoms with Crippen molar-refractivity contribution < 1.29 is 9.90 Å². The molecule has 1 aromatic carbocycles. The highest BCUT2D eigenvalue weighted by atomic mass is 16.4. The molecular weight excluding hydrogens is 194 g/mol. The Morgan fingerprint density at radius 2 is 2.20 bits per heavy atom. The van der Waals surface area contributed by atoms with Crippen LogP contribution in [0.15, 0.2) is 30.5 Å². The van der Waals surface area contributed by atoms with Gasteiger partial charge < -0.3 is 10.4 Å². The van der Waals surface area contributed by atoms with Gasteiger partial charge in [-0.05, 0) is 0 Å². The fourth-order valence-corrected chi connectivity index (χ4v) is 1.32. The Hall–Kier alpha value is -2.17. The van der Waals surface area contributed by atoms with Crippen LogP contribution in [0.25, 0.3) is 10.8 Å². The topological polar surface area (TPSA) is 75.1 Å². The molecule has 0 saturated carbocycles. The van der Waals surface area contributed by atoms with Crippen molar-refractivity contribution in [2.24, 2.45) is 0 Å². The molecular formula is C10H9N3O2. The van der Waals surface area contributed by atoms with Gasteiger partial charge in [0.05, 0.1) is 6.20 Å². The van der Waals surface area contributed by atoms with E-state index in [1.54, 1.807) is 6.20 Å². The molecule has 0 fully saturated rings. The Balaban J connectivity index is 2.38. The summed E-state index contributed by atoms with van der Waals surface area (Å²) in [5, 5.41) is 20.7. The van der Waals surface area contributed by atoms with Crippen LogP contribution in [0.4, 0.5) is 5.82 Å². The molecule has 0 amide bonds. The standard InChI is InChI=1S/C10H9N3O2/c14-9(15)6-11-10-8-4-2-1-3-7(8)5-12-13-10/h1-5H,6H2,(H,11,13)(H,14,15). The van der Waals surface area contributed by atoms with Crippen molar-refractivity contribution in [3.05, 3.63) is 30.5 Å². The first-order valence-electron chi connectivity index (χ1n) is 4.43. The van der Waals surface area contributed by atoms with Crippen LogP contribution in [0.3, 0.4) is 0 Å². The van der Waals surface area contributed by atoms with Crippen LogP contribution >= 0.6 is 0 Å². The molecule has 0 aliphatic rings. The highest BCUT2D eigenvalue weighted by molar-refractivity contribution is 5.91. The maximum Gasteiger partial charge on any atom is 0.322 e. The number of carbonyl (C=O) groups is 1. The van der Waals surface area contributed by atoms with Crippen LogP contribution in [0, 0.1) is 0 Å². The minimum absolute atomic E-state index is 0.164. The first-order valence-corrected chi connectivity index (χ1v) is 4.43. The van der Waals surface area contributed by atoms with E-state index < -0.39 is 5.97 Å². The molecule has 1 heterocycles. The number of rotatable bonds is 3. The van der Waals surface area contributed by atoms with Gasteiger partial charge in [0.25, 0.3) is 0 Å². The van der Waals surface area contributed by atoms with Crippen LogP contribution in [-0.2, 0) is 4.79 Å². The normalized spacial score (nSPS) is 10.1. The maximum absolute atomic E-state index is 10.4. The summed E-state index contributed by atoms with van der Waals surface area (Å²) in [5.74, 6) is -0.430. The number of carboxylic acid groups (broad SMARTS) is 1. The van der Waals surface area contributed by atoms with E-state index in [0.717, 1.165) is 10.8 Å². The summed E-state index contributed by atoms with van der Waals surface area (Å²) in [6.45, 7) is -0.164. The minimum atomic E-state index is -0.926. The zero-order valence-electron chi connectivity index (χ0n) is 7.84. The van der Waals surface area contributed by atoms with Gasteiger partial charge in [0.2, 0.25) is 0 Å². The molecule has 15 heavy (non-hydrogen) atoms. The summed E-state index contributed by atoms with van der Waals surface area (Å²) >= 11 is 0. The molecule has 0 aliphatic carbocycles. The maximum atomic E-state index is 10.4. The number of carboxylic acids is 1. The van der Waals surface area contributed by atoms with Crippen molar-refractivity contribution in [1.82, 2.24) is 10.2 Å². The molecule has 2 aromatic rings. The Morgan fingerprint density at radius 3 is 3.00 bits per heavy atom. The fraction of sp³-hybridized carbons (Fsp3) is 0.100.